The second-order valence-corrected chi connectivity index (χ2v) is 14.9. The smallest absolute Gasteiger partial charge is 0.277 e. The van der Waals surface area contributed by atoms with E-state index in [1.54, 1.807) is 13.0 Å². The Morgan fingerprint density at radius 3 is 1.69 bits per heavy atom. The van der Waals surface area contributed by atoms with Gasteiger partial charge in [0.1, 0.15) is 0 Å². The van der Waals surface area contributed by atoms with Crippen LogP contribution in [-0.2, 0) is 20.0 Å². The number of rotatable bonds is 10. The number of sulfonamides is 2. The molecular weight excluding hydrogens is 586 g/mol. The number of nitro benzene ring substituents is 2. The second kappa shape index (κ2) is 11.7. The van der Waals surface area contributed by atoms with Crippen molar-refractivity contribution in [3.05, 3.63) is 74.0 Å². The lowest BCUT2D eigenvalue weighted by Crippen LogP contribution is -2.34. The highest BCUT2D eigenvalue weighted by Gasteiger charge is 2.42. The fourth-order valence-corrected chi connectivity index (χ4v) is 7.33. The van der Waals surface area contributed by atoms with Crippen LogP contribution >= 0.6 is 0 Å². The molecule has 1 saturated heterocycles. The van der Waals surface area contributed by atoms with Gasteiger partial charge in [0.05, 0.1) is 25.2 Å². The Hall–Kier alpha value is -3.40. The Balaban J connectivity index is 0.000000201. The first-order valence-electron chi connectivity index (χ1n) is 13.6. The van der Waals surface area contributed by atoms with Gasteiger partial charge in [0.15, 0.2) is 0 Å². The number of nitro groups is 2. The summed E-state index contributed by atoms with van der Waals surface area (Å²) >= 11 is 0. The molecule has 2 aromatic rings. The summed E-state index contributed by atoms with van der Waals surface area (Å²) in [6, 6.07) is 7.98. The van der Waals surface area contributed by atoms with Gasteiger partial charge in [-0.15, -0.1) is 0 Å². The molecule has 15 heteroatoms. The van der Waals surface area contributed by atoms with Crippen molar-refractivity contribution < 1.29 is 26.7 Å². The summed E-state index contributed by atoms with van der Waals surface area (Å²) in [6.07, 6.45) is 8.90. The first-order valence-corrected chi connectivity index (χ1v) is 16.5. The molecule has 42 heavy (non-hydrogen) atoms. The molecule has 13 nitrogen and oxygen atoms in total. The van der Waals surface area contributed by atoms with Crippen molar-refractivity contribution >= 4 is 37.5 Å². The largest absolute Gasteiger partial charge is 0.377 e. The van der Waals surface area contributed by atoms with Crippen molar-refractivity contribution in [3.63, 3.8) is 0 Å². The summed E-state index contributed by atoms with van der Waals surface area (Å²) in [6.45, 7) is 7.10. The van der Waals surface area contributed by atoms with Crippen molar-refractivity contribution in [2.75, 3.05) is 13.1 Å². The van der Waals surface area contributed by atoms with Crippen LogP contribution in [0.5, 0.6) is 0 Å². The zero-order chi connectivity index (χ0) is 30.9. The average Bonchev–Trinajstić information content (AvgIpc) is 3.74. The molecule has 1 aliphatic heterocycles. The zero-order valence-corrected chi connectivity index (χ0v) is 25.3. The lowest BCUT2D eigenvalue weighted by molar-refractivity contribution is -0.385. The summed E-state index contributed by atoms with van der Waals surface area (Å²) in [7, 11) is -7.43. The first kappa shape index (κ1) is 31.5. The van der Waals surface area contributed by atoms with Gasteiger partial charge >= 0.3 is 0 Å². The van der Waals surface area contributed by atoms with Gasteiger partial charge in [0, 0.05) is 41.9 Å². The van der Waals surface area contributed by atoms with Crippen LogP contribution in [0.25, 0.3) is 6.08 Å². The average molecular weight is 622 g/mol. The molecule has 0 spiro atoms. The van der Waals surface area contributed by atoms with E-state index in [1.807, 2.05) is 20.0 Å². The monoisotopic (exact) mass is 621 g/mol. The minimum atomic E-state index is -3.75. The van der Waals surface area contributed by atoms with Gasteiger partial charge < -0.3 is 4.90 Å². The van der Waals surface area contributed by atoms with Gasteiger partial charge in [-0.25, -0.2) is 26.3 Å². The Kier molecular flexibility index (Phi) is 8.79. The van der Waals surface area contributed by atoms with E-state index in [2.05, 4.69) is 14.3 Å². The molecule has 0 bridgehead atoms. The predicted molar refractivity (Wildman–Crippen MR) is 157 cm³/mol. The molecule has 0 unspecified atom stereocenters. The number of hydrogen-bond donors (Lipinski definition) is 2. The van der Waals surface area contributed by atoms with Crippen LogP contribution in [0, 0.1) is 27.2 Å². The third-order valence-electron chi connectivity index (χ3n) is 7.56. The van der Waals surface area contributed by atoms with E-state index in [4.69, 9.17) is 0 Å². The van der Waals surface area contributed by atoms with Crippen molar-refractivity contribution in [2.24, 2.45) is 0 Å². The van der Waals surface area contributed by atoms with Crippen LogP contribution in [0.2, 0.25) is 0 Å². The van der Waals surface area contributed by atoms with Crippen molar-refractivity contribution in [1.29, 1.82) is 0 Å². The Morgan fingerprint density at radius 1 is 0.786 bits per heavy atom. The second-order valence-electron chi connectivity index (χ2n) is 11.6. The highest BCUT2D eigenvalue weighted by molar-refractivity contribution is 7.89. The van der Waals surface area contributed by atoms with Gasteiger partial charge in [0.2, 0.25) is 20.0 Å². The SMILES string of the molecule is CC1(NS(=O)(=O)c2ccc(/C=C/N3CCCC3)c([N+](=O)[O-])c2)CC1.Cc1ccc(S(=O)(=O)NC2(C)CC2)cc1[N+](=O)[O-]. The number of hydrogen-bond acceptors (Lipinski definition) is 9. The molecule has 2 aliphatic carbocycles. The van der Waals surface area contributed by atoms with Gasteiger partial charge in [-0.1, -0.05) is 6.07 Å². The fourth-order valence-electron chi connectivity index (χ4n) is 4.36. The van der Waals surface area contributed by atoms with E-state index < -0.39 is 41.0 Å². The molecule has 0 amide bonds. The van der Waals surface area contributed by atoms with E-state index in [-0.39, 0.29) is 21.2 Å². The van der Waals surface area contributed by atoms with E-state index in [0.717, 1.165) is 63.7 Å². The standard InChI is InChI=1S/C16H21N3O4S.C11H14N2O4S/c1-16(7-8-16)17-24(22,23)14-5-4-13(15(12-14)19(20)21)6-11-18-9-2-3-10-18;1-8-3-4-9(7-10(8)13(14)15)18(16,17)12-11(2)5-6-11/h4-6,11-12,17H,2-3,7-10H2,1H3;3-4,7,12H,5-6H2,1-2H3/b11-6+;. The zero-order valence-electron chi connectivity index (χ0n) is 23.7. The number of likely N-dealkylation sites (tertiary alicyclic amines) is 1. The summed E-state index contributed by atoms with van der Waals surface area (Å²) in [4.78, 5) is 23.0. The third kappa shape index (κ3) is 7.91. The number of nitrogens with zero attached hydrogens (tertiary/aromatic N) is 3. The maximum Gasteiger partial charge on any atom is 0.277 e. The molecule has 3 fully saturated rings. The minimum absolute atomic E-state index is 0.0621. The maximum absolute atomic E-state index is 12.4. The van der Waals surface area contributed by atoms with Crippen LogP contribution in [0.1, 0.15) is 63.5 Å². The summed E-state index contributed by atoms with van der Waals surface area (Å²) in [5, 5.41) is 22.1. The molecule has 0 atom stereocenters. The molecule has 2 aromatic carbocycles. The molecule has 5 rings (SSSR count). The first-order chi connectivity index (χ1) is 19.5. The van der Waals surface area contributed by atoms with E-state index >= 15 is 0 Å². The lowest BCUT2D eigenvalue weighted by Gasteiger charge is -2.13. The van der Waals surface area contributed by atoms with Crippen molar-refractivity contribution in [2.45, 2.75) is 80.2 Å². The molecular formula is C27H35N5O8S2. The van der Waals surface area contributed by atoms with Crippen LogP contribution in [0.15, 0.2) is 52.4 Å². The third-order valence-corrected chi connectivity index (χ3v) is 10.8. The molecule has 2 saturated carbocycles. The van der Waals surface area contributed by atoms with E-state index in [1.165, 1.54) is 24.3 Å². The van der Waals surface area contributed by atoms with Gasteiger partial charge in [-0.2, -0.15) is 0 Å². The molecule has 0 aromatic heterocycles. The van der Waals surface area contributed by atoms with Crippen molar-refractivity contribution in [1.82, 2.24) is 14.3 Å². The predicted octanol–water partition coefficient (Wildman–Crippen LogP) is 4.23. The lowest BCUT2D eigenvalue weighted by atomic mass is 10.2. The van der Waals surface area contributed by atoms with E-state index in [0.29, 0.717) is 11.1 Å². The number of aryl methyl sites for hydroxylation is 1. The summed E-state index contributed by atoms with van der Waals surface area (Å²) in [5.41, 5.74) is -0.339. The van der Waals surface area contributed by atoms with Crippen molar-refractivity contribution in [3.8, 4) is 0 Å². The van der Waals surface area contributed by atoms with Crippen LogP contribution < -0.4 is 9.44 Å². The van der Waals surface area contributed by atoms with Crippen LogP contribution in [0.4, 0.5) is 11.4 Å². The minimum Gasteiger partial charge on any atom is -0.377 e. The Labute approximate surface area is 245 Å². The summed E-state index contributed by atoms with van der Waals surface area (Å²) < 4.78 is 54.0. The van der Waals surface area contributed by atoms with Crippen LogP contribution in [0.3, 0.4) is 0 Å². The van der Waals surface area contributed by atoms with Gasteiger partial charge in [0.25, 0.3) is 11.4 Å². The number of nitrogens with one attached hydrogen (secondary N) is 2. The maximum atomic E-state index is 12.4. The van der Waals surface area contributed by atoms with Crippen LogP contribution in [-0.4, -0.2) is 55.7 Å². The summed E-state index contributed by atoms with van der Waals surface area (Å²) in [5.74, 6) is 0. The van der Waals surface area contributed by atoms with E-state index in [9.17, 15) is 37.1 Å². The molecule has 1 heterocycles. The van der Waals surface area contributed by atoms with Gasteiger partial charge in [-0.05, 0) is 89.8 Å². The normalized spacial score (nSPS) is 18.8. The molecule has 0 radical (unpaired) electrons. The number of benzene rings is 2. The Morgan fingerprint density at radius 2 is 1.24 bits per heavy atom. The molecule has 3 aliphatic rings. The van der Waals surface area contributed by atoms with Gasteiger partial charge in [-0.3, -0.25) is 20.2 Å². The topological polar surface area (TPSA) is 182 Å². The highest BCUT2D eigenvalue weighted by atomic mass is 32.2. The Bertz CT molecular complexity index is 1630. The highest BCUT2D eigenvalue weighted by Crippen LogP contribution is 2.37. The fraction of sp³-hybridized carbons (Fsp3) is 0.481. The molecule has 228 valence electrons. The molecule has 2 N–H and O–H groups in total. The quantitative estimate of drug-likeness (QED) is 0.290.